The van der Waals surface area contributed by atoms with E-state index in [1.807, 2.05) is 0 Å². The van der Waals surface area contributed by atoms with Crippen molar-refractivity contribution in [2.75, 3.05) is 6.61 Å². The molecule has 13 heavy (non-hydrogen) atoms. The number of aryl methyl sites for hydroxylation is 1. The van der Waals surface area contributed by atoms with Gasteiger partial charge >= 0.3 is 5.92 Å². The molecule has 0 aliphatic heterocycles. The van der Waals surface area contributed by atoms with Crippen LogP contribution in [0, 0.1) is 6.92 Å². The average Bonchev–Trinajstić information content (AvgIpc) is 2.02. The minimum atomic E-state index is -3.32. The summed E-state index contributed by atoms with van der Waals surface area (Å²) in [6, 6.07) is 2.67. The van der Waals surface area contributed by atoms with Gasteiger partial charge in [-0.05, 0) is 24.6 Å². The number of pyridine rings is 1. The van der Waals surface area contributed by atoms with Crippen LogP contribution in [0.15, 0.2) is 12.1 Å². The van der Waals surface area contributed by atoms with Crippen LogP contribution < -0.4 is 0 Å². The Kier molecular flexibility index (Phi) is 2.83. The summed E-state index contributed by atoms with van der Waals surface area (Å²) in [4.78, 5) is 3.43. The van der Waals surface area contributed by atoms with Crippen molar-refractivity contribution in [1.29, 1.82) is 0 Å². The second-order valence-electron chi connectivity index (χ2n) is 2.72. The second-order valence-corrected chi connectivity index (χ2v) is 3.10. The summed E-state index contributed by atoms with van der Waals surface area (Å²) in [7, 11) is 0. The highest BCUT2D eigenvalue weighted by Crippen LogP contribution is 2.27. The monoisotopic (exact) mass is 207 g/mol. The van der Waals surface area contributed by atoms with Gasteiger partial charge < -0.3 is 5.11 Å². The highest BCUT2D eigenvalue weighted by Gasteiger charge is 2.32. The maximum atomic E-state index is 12.9. The molecule has 5 heteroatoms. The lowest BCUT2D eigenvalue weighted by molar-refractivity contribution is -0.0592. The SMILES string of the molecule is Cc1cc(Cl)nc(C(F)(F)CO)c1. The molecule has 0 aliphatic carbocycles. The minimum absolute atomic E-state index is 0.00289. The molecule has 0 bridgehead atoms. The zero-order chi connectivity index (χ0) is 10.1. The summed E-state index contributed by atoms with van der Waals surface area (Å²) >= 11 is 5.49. The molecule has 0 amide bonds. The Bertz CT molecular complexity index is 297. The Labute approximate surface area is 79.2 Å². The Hall–Kier alpha value is -0.740. The normalized spacial score (nSPS) is 11.8. The van der Waals surface area contributed by atoms with Crippen molar-refractivity contribution in [3.05, 3.63) is 28.5 Å². The van der Waals surface area contributed by atoms with E-state index in [9.17, 15) is 8.78 Å². The Morgan fingerprint density at radius 2 is 2.15 bits per heavy atom. The first-order valence-corrected chi connectivity index (χ1v) is 3.97. The van der Waals surface area contributed by atoms with E-state index >= 15 is 0 Å². The van der Waals surface area contributed by atoms with Crippen molar-refractivity contribution in [3.63, 3.8) is 0 Å². The Morgan fingerprint density at radius 1 is 1.54 bits per heavy atom. The molecule has 0 fully saturated rings. The van der Waals surface area contributed by atoms with Crippen LogP contribution in [0.4, 0.5) is 8.78 Å². The van der Waals surface area contributed by atoms with Crippen LogP contribution in [-0.2, 0) is 5.92 Å². The third-order valence-electron chi connectivity index (χ3n) is 1.51. The van der Waals surface area contributed by atoms with Crippen LogP contribution in [0.5, 0.6) is 0 Å². The van der Waals surface area contributed by atoms with Crippen LogP contribution >= 0.6 is 11.6 Å². The molecular weight excluding hydrogens is 200 g/mol. The van der Waals surface area contributed by atoms with Crippen LogP contribution in [-0.4, -0.2) is 16.7 Å². The van der Waals surface area contributed by atoms with Gasteiger partial charge in [-0.2, -0.15) is 8.78 Å². The van der Waals surface area contributed by atoms with Gasteiger partial charge in [-0.1, -0.05) is 11.6 Å². The van der Waals surface area contributed by atoms with E-state index in [2.05, 4.69) is 4.98 Å². The second kappa shape index (κ2) is 3.55. The summed E-state index contributed by atoms with van der Waals surface area (Å²) in [6.45, 7) is 0.365. The molecule has 1 aromatic heterocycles. The van der Waals surface area contributed by atoms with Gasteiger partial charge in [0, 0.05) is 0 Å². The molecular formula is C8H8ClF2NO. The van der Waals surface area contributed by atoms with Crippen molar-refractivity contribution in [1.82, 2.24) is 4.98 Å². The van der Waals surface area contributed by atoms with Gasteiger partial charge in [0.15, 0.2) is 0 Å². The molecule has 0 atom stereocenters. The van der Waals surface area contributed by atoms with Gasteiger partial charge in [0.1, 0.15) is 17.5 Å². The number of alkyl halides is 2. The summed E-state index contributed by atoms with van der Waals surface area (Å²) in [5.74, 6) is -3.32. The lowest BCUT2D eigenvalue weighted by atomic mass is 10.2. The number of aliphatic hydroxyl groups is 1. The number of rotatable bonds is 2. The van der Waals surface area contributed by atoms with E-state index in [0.717, 1.165) is 0 Å². The van der Waals surface area contributed by atoms with Crippen LogP contribution in [0.3, 0.4) is 0 Å². The third-order valence-corrected chi connectivity index (χ3v) is 1.71. The van der Waals surface area contributed by atoms with Crippen molar-refractivity contribution in [2.24, 2.45) is 0 Å². The number of aliphatic hydroxyl groups excluding tert-OH is 1. The zero-order valence-corrected chi connectivity index (χ0v) is 7.65. The number of halogens is 3. The number of aromatic nitrogens is 1. The van der Waals surface area contributed by atoms with Gasteiger partial charge in [0.05, 0.1) is 0 Å². The standard InChI is InChI=1S/C8H8ClF2NO/c1-5-2-6(8(10,11)4-13)12-7(9)3-5/h2-3,13H,4H2,1H3. The summed E-state index contributed by atoms with van der Waals surface area (Å²) in [5.41, 5.74) is 0.0862. The molecule has 0 aromatic carbocycles. The van der Waals surface area contributed by atoms with Crippen LogP contribution in [0.2, 0.25) is 5.15 Å². The molecule has 1 aromatic rings. The maximum absolute atomic E-state index is 12.9. The van der Waals surface area contributed by atoms with Crippen molar-refractivity contribution < 1.29 is 13.9 Å². The first-order chi connectivity index (χ1) is 5.95. The van der Waals surface area contributed by atoms with Gasteiger partial charge in [0.25, 0.3) is 0 Å². The maximum Gasteiger partial charge on any atom is 0.312 e. The predicted octanol–water partition coefficient (Wildman–Crippen LogP) is 2.13. The van der Waals surface area contributed by atoms with E-state index in [1.54, 1.807) is 6.92 Å². The third kappa shape index (κ3) is 2.35. The van der Waals surface area contributed by atoms with Crippen molar-refractivity contribution in [2.45, 2.75) is 12.8 Å². The Balaban J connectivity index is 3.15. The fourth-order valence-electron chi connectivity index (χ4n) is 0.893. The fraction of sp³-hybridized carbons (Fsp3) is 0.375. The molecule has 0 saturated heterocycles. The molecule has 1 rings (SSSR count). The summed E-state index contributed by atoms with van der Waals surface area (Å²) in [6.07, 6.45) is 0. The fourth-order valence-corrected chi connectivity index (χ4v) is 1.16. The van der Waals surface area contributed by atoms with E-state index < -0.39 is 18.2 Å². The first-order valence-electron chi connectivity index (χ1n) is 3.59. The van der Waals surface area contributed by atoms with Crippen LogP contribution in [0.25, 0.3) is 0 Å². The quantitative estimate of drug-likeness (QED) is 0.754. The van der Waals surface area contributed by atoms with E-state index in [0.29, 0.717) is 5.56 Å². The Morgan fingerprint density at radius 3 is 2.62 bits per heavy atom. The molecule has 0 unspecified atom stereocenters. The summed E-state index contributed by atoms with van der Waals surface area (Å²) < 4.78 is 25.7. The van der Waals surface area contributed by atoms with E-state index in [-0.39, 0.29) is 5.15 Å². The van der Waals surface area contributed by atoms with E-state index in [1.165, 1.54) is 12.1 Å². The lowest BCUT2D eigenvalue weighted by Gasteiger charge is -2.12. The molecule has 0 radical (unpaired) electrons. The largest absolute Gasteiger partial charge is 0.390 e. The van der Waals surface area contributed by atoms with E-state index in [4.69, 9.17) is 16.7 Å². The molecule has 2 nitrogen and oxygen atoms in total. The number of hydrogen-bond donors (Lipinski definition) is 1. The molecule has 0 saturated carbocycles. The molecule has 1 heterocycles. The molecule has 72 valence electrons. The van der Waals surface area contributed by atoms with Crippen LogP contribution in [0.1, 0.15) is 11.3 Å². The number of hydrogen-bond acceptors (Lipinski definition) is 2. The van der Waals surface area contributed by atoms with Crippen molar-refractivity contribution >= 4 is 11.6 Å². The minimum Gasteiger partial charge on any atom is -0.390 e. The van der Waals surface area contributed by atoms with Gasteiger partial charge in [-0.15, -0.1) is 0 Å². The molecule has 0 aliphatic rings. The van der Waals surface area contributed by atoms with Gasteiger partial charge in [-0.3, -0.25) is 0 Å². The van der Waals surface area contributed by atoms with Crippen molar-refractivity contribution in [3.8, 4) is 0 Å². The van der Waals surface area contributed by atoms with Gasteiger partial charge in [-0.25, -0.2) is 4.98 Å². The highest BCUT2D eigenvalue weighted by molar-refractivity contribution is 6.29. The lowest BCUT2D eigenvalue weighted by Crippen LogP contribution is -2.20. The molecule has 0 spiro atoms. The smallest absolute Gasteiger partial charge is 0.312 e. The predicted molar refractivity (Wildman–Crippen MR) is 45.0 cm³/mol. The van der Waals surface area contributed by atoms with Gasteiger partial charge in [0.2, 0.25) is 0 Å². The zero-order valence-electron chi connectivity index (χ0n) is 6.89. The molecule has 1 N–H and O–H groups in total. The number of nitrogens with zero attached hydrogens (tertiary/aromatic N) is 1. The topological polar surface area (TPSA) is 33.1 Å². The average molecular weight is 208 g/mol. The highest BCUT2D eigenvalue weighted by atomic mass is 35.5. The summed E-state index contributed by atoms with van der Waals surface area (Å²) in [5, 5.41) is 8.40. The first kappa shape index (κ1) is 10.3.